The normalized spacial score (nSPS) is 28.9. The van der Waals surface area contributed by atoms with E-state index in [0.717, 1.165) is 12.8 Å². The lowest BCUT2D eigenvalue weighted by atomic mass is 10.3. The lowest BCUT2D eigenvalue weighted by Crippen LogP contribution is -1.96. The van der Waals surface area contributed by atoms with Gasteiger partial charge in [-0.1, -0.05) is 0 Å². The zero-order valence-electron chi connectivity index (χ0n) is 8.24. The average molecular weight is 216 g/mol. The summed E-state index contributed by atoms with van der Waals surface area (Å²) >= 11 is 0. The topological polar surface area (TPSA) is 43.4 Å². The van der Waals surface area contributed by atoms with E-state index < -0.39 is 9.84 Å². The predicted octanol–water partition coefficient (Wildman–Crippen LogP) is 1.65. The SMILES string of the molecule is O=S1(=O)CC1CCOC=C1CCCC1. The Kier molecular flexibility index (Phi) is 2.81. The molecular weight excluding hydrogens is 200 g/mol. The predicted molar refractivity (Wildman–Crippen MR) is 54.7 cm³/mol. The van der Waals surface area contributed by atoms with Crippen LogP contribution < -0.4 is 0 Å². The van der Waals surface area contributed by atoms with Crippen LogP contribution in [-0.2, 0) is 14.6 Å². The molecule has 0 aromatic rings. The average Bonchev–Trinajstić information content (AvgIpc) is 2.60. The van der Waals surface area contributed by atoms with E-state index in [1.165, 1.54) is 18.4 Å². The molecule has 0 amide bonds. The van der Waals surface area contributed by atoms with Gasteiger partial charge < -0.3 is 4.74 Å². The van der Waals surface area contributed by atoms with Crippen molar-refractivity contribution in [3.8, 4) is 0 Å². The van der Waals surface area contributed by atoms with E-state index >= 15 is 0 Å². The summed E-state index contributed by atoms with van der Waals surface area (Å²) in [6, 6.07) is 0. The summed E-state index contributed by atoms with van der Waals surface area (Å²) in [5.41, 5.74) is 1.38. The molecule has 2 rings (SSSR count). The number of hydrogen-bond acceptors (Lipinski definition) is 3. The molecule has 0 aromatic heterocycles. The monoisotopic (exact) mass is 216 g/mol. The van der Waals surface area contributed by atoms with Crippen LogP contribution in [0.4, 0.5) is 0 Å². The minimum atomic E-state index is -2.66. The fraction of sp³-hybridized carbons (Fsp3) is 0.800. The molecular formula is C10H16O3S. The van der Waals surface area contributed by atoms with Crippen LogP contribution in [0, 0.1) is 0 Å². The second kappa shape index (κ2) is 3.93. The van der Waals surface area contributed by atoms with Crippen LogP contribution in [-0.4, -0.2) is 26.0 Å². The molecule has 14 heavy (non-hydrogen) atoms. The molecule has 0 spiro atoms. The molecule has 3 nitrogen and oxygen atoms in total. The third-order valence-electron chi connectivity index (χ3n) is 2.86. The molecule has 80 valence electrons. The molecule has 1 aliphatic carbocycles. The van der Waals surface area contributed by atoms with E-state index in [9.17, 15) is 8.42 Å². The van der Waals surface area contributed by atoms with Crippen molar-refractivity contribution >= 4 is 9.84 Å². The molecule has 1 aliphatic heterocycles. The fourth-order valence-corrected chi connectivity index (χ4v) is 3.20. The van der Waals surface area contributed by atoms with E-state index in [0.29, 0.717) is 18.8 Å². The lowest BCUT2D eigenvalue weighted by Gasteiger charge is -1.99. The van der Waals surface area contributed by atoms with Crippen molar-refractivity contribution in [2.75, 3.05) is 12.4 Å². The minimum Gasteiger partial charge on any atom is -0.501 e. The van der Waals surface area contributed by atoms with Gasteiger partial charge in [-0.3, -0.25) is 0 Å². The molecule has 1 atom stereocenters. The number of hydrogen-bond donors (Lipinski definition) is 0. The minimum absolute atomic E-state index is 0.107. The smallest absolute Gasteiger partial charge is 0.155 e. The first-order valence-electron chi connectivity index (χ1n) is 5.19. The van der Waals surface area contributed by atoms with Gasteiger partial charge in [-0.2, -0.15) is 0 Å². The highest BCUT2D eigenvalue weighted by molar-refractivity contribution is 7.99. The molecule has 4 heteroatoms. The second-order valence-electron chi connectivity index (χ2n) is 4.09. The maximum Gasteiger partial charge on any atom is 0.155 e. The third-order valence-corrected chi connectivity index (χ3v) is 4.72. The van der Waals surface area contributed by atoms with Gasteiger partial charge in [0.25, 0.3) is 0 Å². The van der Waals surface area contributed by atoms with Gasteiger partial charge in [-0.25, -0.2) is 8.42 Å². The summed E-state index contributed by atoms with van der Waals surface area (Å²) < 4.78 is 27.0. The van der Waals surface area contributed by atoms with Gasteiger partial charge in [0, 0.05) is 0 Å². The van der Waals surface area contributed by atoms with Crippen LogP contribution in [0.1, 0.15) is 32.1 Å². The Balaban J connectivity index is 1.62. The number of rotatable bonds is 4. The first kappa shape index (κ1) is 10.0. The van der Waals surface area contributed by atoms with E-state index in [1.54, 1.807) is 0 Å². The molecule has 0 N–H and O–H groups in total. The van der Waals surface area contributed by atoms with E-state index in [4.69, 9.17) is 4.74 Å². The Bertz CT molecular complexity index is 321. The number of ether oxygens (including phenoxy) is 1. The third kappa shape index (κ3) is 2.50. The summed E-state index contributed by atoms with van der Waals surface area (Å²) in [5.74, 6) is 0.368. The van der Waals surface area contributed by atoms with Gasteiger partial charge in [0.15, 0.2) is 9.84 Å². The summed E-state index contributed by atoms with van der Waals surface area (Å²) in [5, 5.41) is -0.107. The lowest BCUT2D eigenvalue weighted by molar-refractivity contribution is 0.243. The van der Waals surface area contributed by atoms with Crippen LogP contribution >= 0.6 is 0 Å². The Morgan fingerprint density at radius 1 is 1.36 bits per heavy atom. The Labute approximate surface area is 85.1 Å². The van der Waals surface area contributed by atoms with Gasteiger partial charge in [0.1, 0.15) is 0 Å². The largest absolute Gasteiger partial charge is 0.501 e. The number of sulfone groups is 1. The van der Waals surface area contributed by atoms with Gasteiger partial charge in [-0.15, -0.1) is 0 Å². The highest BCUT2D eigenvalue weighted by atomic mass is 32.2. The molecule has 1 saturated heterocycles. The van der Waals surface area contributed by atoms with E-state index in [-0.39, 0.29) is 5.25 Å². The highest BCUT2D eigenvalue weighted by Gasteiger charge is 2.42. The first-order valence-corrected chi connectivity index (χ1v) is 6.91. The van der Waals surface area contributed by atoms with E-state index in [2.05, 4.69) is 0 Å². The number of allylic oxidation sites excluding steroid dienone is 1. The molecule has 0 bridgehead atoms. The molecule has 0 aromatic carbocycles. The van der Waals surface area contributed by atoms with Crippen LogP contribution in [0.25, 0.3) is 0 Å². The second-order valence-corrected chi connectivity index (χ2v) is 6.42. The standard InChI is InChI=1S/C10H16O3S/c11-14(12)8-10(14)5-6-13-7-9-3-1-2-4-9/h7,10H,1-6,8H2. The van der Waals surface area contributed by atoms with Crippen LogP contribution in [0.3, 0.4) is 0 Å². The maximum absolute atomic E-state index is 10.9. The molecule has 2 aliphatic rings. The first-order chi connectivity index (χ1) is 6.68. The molecule has 1 saturated carbocycles. The van der Waals surface area contributed by atoms with Crippen molar-refractivity contribution < 1.29 is 13.2 Å². The molecule has 0 radical (unpaired) electrons. The summed E-state index contributed by atoms with van der Waals surface area (Å²) in [6.45, 7) is 0.549. The maximum atomic E-state index is 10.9. The van der Waals surface area contributed by atoms with Gasteiger partial charge in [0.2, 0.25) is 0 Å². The summed E-state index contributed by atoms with van der Waals surface area (Å²) in [4.78, 5) is 0. The Hall–Kier alpha value is -0.510. The fourth-order valence-electron chi connectivity index (χ4n) is 1.81. The van der Waals surface area contributed by atoms with Crippen LogP contribution in [0.15, 0.2) is 11.8 Å². The zero-order chi connectivity index (χ0) is 10.0. The summed E-state index contributed by atoms with van der Waals surface area (Å²) in [7, 11) is -2.66. The van der Waals surface area contributed by atoms with Crippen LogP contribution in [0.2, 0.25) is 0 Å². The van der Waals surface area contributed by atoms with Crippen molar-refractivity contribution in [1.82, 2.24) is 0 Å². The van der Waals surface area contributed by atoms with Crippen molar-refractivity contribution in [1.29, 1.82) is 0 Å². The highest BCUT2D eigenvalue weighted by Crippen LogP contribution is 2.25. The van der Waals surface area contributed by atoms with Crippen molar-refractivity contribution in [3.63, 3.8) is 0 Å². The van der Waals surface area contributed by atoms with Gasteiger partial charge >= 0.3 is 0 Å². The van der Waals surface area contributed by atoms with Gasteiger partial charge in [-0.05, 0) is 37.7 Å². The zero-order valence-corrected chi connectivity index (χ0v) is 9.05. The Morgan fingerprint density at radius 2 is 2.00 bits per heavy atom. The molecule has 1 heterocycles. The summed E-state index contributed by atoms with van der Waals surface area (Å²) in [6.07, 6.45) is 7.34. The van der Waals surface area contributed by atoms with E-state index in [1.807, 2.05) is 6.26 Å². The quantitative estimate of drug-likeness (QED) is 0.408. The van der Waals surface area contributed by atoms with Crippen LogP contribution in [0.5, 0.6) is 0 Å². The van der Waals surface area contributed by atoms with Crippen molar-refractivity contribution in [3.05, 3.63) is 11.8 Å². The van der Waals surface area contributed by atoms with Crippen molar-refractivity contribution in [2.24, 2.45) is 0 Å². The molecule has 1 unspecified atom stereocenters. The Morgan fingerprint density at radius 3 is 2.57 bits per heavy atom. The molecule has 2 fully saturated rings. The van der Waals surface area contributed by atoms with Gasteiger partial charge in [0.05, 0.1) is 23.9 Å². The van der Waals surface area contributed by atoms with Crippen molar-refractivity contribution in [2.45, 2.75) is 37.4 Å².